The van der Waals surface area contributed by atoms with E-state index < -0.39 is 0 Å². The summed E-state index contributed by atoms with van der Waals surface area (Å²) in [6, 6.07) is 13.2. The van der Waals surface area contributed by atoms with E-state index in [2.05, 4.69) is 10.1 Å². The van der Waals surface area contributed by atoms with E-state index in [0.29, 0.717) is 30.5 Å². The molecule has 0 bridgehead atoms. The summed E-state index contributed by atoms with van der Waals surface area (Å²) < 4.78 is 21.4. The van der Waals surface area contributed by atoms with Crippen molar-refractivity contribution in [2.75, 3.05) is 13.2 Å². The summed E-state index contributed by atoms with van der Waals surface area (Å²) in [5.41, 5.74) is 2.78. The third-order valence-electron chi connectivity index (χ3n) is 4.09. The third kappa shape index (κ3) is 4.08. The first-order chi connectivity index (χ1) is 13.2. The van der Waals surface area contributed by atoms with Gasteiger partial charge in [0.1, 0.15) is 13.2 Å². The summed E-state index contributed by atoms with van der Waals surface area (Å²) in [5, 5.41) is 3.92. The van der Waals surface area contributed by atoms with Gasteiger partial charge in [0, 0.05) is 5.56 Å². The number of aryl methyl sites for hydroxylation is 1. The normalized spacial score (nSPS) is 12.6. The van der Waals surface area contributed by atoms with E-state index in [1.807, 2.05) is 37.3 Å². The van der Waals surface area contributed by atoms with Crippen LogP contribution in [0.5, 0.6) is 11.5 Å². The zero-order valence-electron chi connectivity index (χ0n) is 14.8. The molecule has 3 aromatic rings. The fourth-order valence-corrected chi connectivity index (χ4v) is 2.69. The van der Waals surface area contributed by atoms with Gasteiger partial charge < -0.3 is 18.7 Å². The van der Waals surface area contributed by atoms with Crippen LogP contribution in [0.15, 0.2) is 47.0 Å². The van der Waals surface area contributed by atoms with Gasteiger partial charge in [-0.3, -0.25) is 4.79 Å². The first-order valence-corrected chi connectivity index (χ1v) is 8.61. The maximum Gasteiger partial charge on any atom is 0.310 e. The molecular formula is C20H18N2O5. The number of esters is 1. The van der Waals surface area contributed by atoms with Gasteiger partial charge in [-0.1, -0.05) is 41.1 Å². The molecule has 1 aliphatic rings. The van der Waals surface area contributed by atoms with Crippen LogP contribution >= 0.6 is 0 Å². The predicted octanol–water partition coefficient (Wildman–Crippen LogP) is 3.10. The van der Waals surface area contributed by atoms with Crippen LogP contribution in [0.1, 0.15) is 17.0 Å². The lowest BCUT2D eigenvalue weighted by atomic mass is 10.1. The lowest BCUT2D eigenvalue weighted by molar-refractivity contribution is -0.144. The fourth-order valence-electron chi connectivity index (χ4n) is 2.69. The number of hydrogen-bond acceptors (Lipinski definition) is 7. The number of carbonyl (C=O) groups is 1. The van der Waals surface area contributed by atoms with E-state index in [-0.39, 0.29) is 24.9 Å². The second-order valence-electron chi connectivity index (χ2n) is 6.19. The topological polar surface area (TPSA) is 83.7 Å². The molecule has 0 amide bonds. The van der Waals surface area contributed by atoms with Crippen LogP contribution < -0.4 is 9.47 Å². The fraction of sp³-hybridized carbons (Fsp3) is 0.250. The van der Waals surface area contributed by atoms with Crippen molar-refractivity contribution in [1.29, 1.82) is 0 Å². The van der Waals surface area contributed by atoms with Crippen molar-refractivity contribution in [3.63, 3.8) is 0 Å². The molecule has 2 aromatic carbocycles. The van der Waals surface area contributed by atoms with E-state index in [0.717, 1.165) is 16.7 Å². The zero-order chi connectivity index (χ0) is 18.6. The molecule has 27 heavy (non-hydrogen) atoms. The van der Waals surface area contributed by atoms with Gasteiger partial charge in [-0.2, -0.15) is 4.98 Å². The molecule has 0 saturated heterocycles. The Hall–Kier alpha value is -3.35. The Bertz CT molecular complexity index is 949. The van der Waals surface area contributed by atoms with Gasteiger partial charge in [0.05, 0.1) is 6.42 Å². The molecule has 138 valence electrons. The van der Waals surface area contributed by atoms with E-state index in [1.54, 1.807) is 12.1 Å². The minimum Gasteiger partial charge on any atom is -0.486 e. The number of nitrogens with zero attached hydrogens (tertiary/aromatic N) is 2. The van der Waals surface area contributed by atoms with Crippen molar-refractivity contribution in [1.82, 2.24) is 10.1 Å². The number of hydrogen-bond donors (Lipinski definition) is 0. The standard InChI is InChI=1S/C20H18N2O5/c1-13-2-5-15(6-3-13)20-21-18(27-22-20)12-26-19(23)11-14-4-7-16-17(10-14)25-9-8-24-16/h2-7,10H,8-9,11-12H2,1H3. The Morgan fingerprint density at radius 3 is 2.67 bits per heavy atom. The van der Waals surface area contributed by atoms with Gasteiger partial charge in [0.15, 0.2) is 18.1 Å². The number of ether oxygens (including phenoxy) is 3. The molecule has 7 heteroatoms. The van der Waals surface area contributed by atoms with Crippen LogP contribution in [-0.4, -0.2) is 29.3 Å². The first-order valence-electron chi connectivity index (χ1n) is 8.61. The van der Waals surface area contributed by atoms with Crippen molar-refractivity contribution >= 4 is 5.97 Å². The summed E-state index contributed by atoms with van der Waals surface area (Å²) in [4.78, 5) is 16.3. The van der Waals surface area contributed by atoms with E-state index in [9.17, 15) is 4.79 Å². The smallest absolute Gasteiger partial charge is 0.310 e. The summed E-state index contributed by atoms with van der Waals surface area (Å²) in [5.74, 6) is 1.66. The van der Waals surface area contributed by atoms with Gasteiger partial charge in [0.2, 0.25) is 5.82 Å². The number of rotatable bonds is 5. The number of benzene rings is 2. The molecule has 0 saturated carbocycles. The number of carbonyl (C=O) groups excluding carboxylic acids is 1. The molecular weight excluding hydrogens is 348 g/mol. The maximum atomic E-state index is 12.1. The van der Waals surface area contributed by atoms with Crippen LogP contribution in [0.4, 0.5) is 0 Å². The average Bonchev–Trinajstić information content (AvgIpc) is 3.16. The maximum absolute atomic E-state index is 12.1. The van der Waals surface area contributed by atoms with Crippen molar-refractivity contribution in [3.05, 3.63) is 59.5 Å². The third-order valence-corrected chi connectivity index (χ3v) is 4.09. The highest BCUT2D eigenvalue weighted by atomic mass is 16.6. The molecule has 0 unspecified atom stereocenters. The van der Waals surface area contributed by atoms with Crippen molar-refractivity contribution in [2.45, 2.75) is 20.0 Å². The van der Waals surface area contributed by atoms with Crippen LogP contribution in [0, 0.1) is 6.92 Å². The number of fused-ring (bicyclic) bond motifs is 1. The Kier molecular flexibility index (Phi) is 4.74. The Morgan fingerprint density at radius 2 is 1.85 bits per heavy atom. The van der Waals surface area contributed by atoms with Crippen molar-refractivity contribution < 1.29 is 23.5 Å². The van der Waals surface area contributed by atoms with Crippen molar-refractivity contribution in [3.8, 4) is 22.9 Å². The SMILES string of the molecule is Cc1ccc(-c2noc(COC(=O)Cc3ccc4c(c3)OCCO4)n2)cc1. The van der Waals surface area contributed by atoms with E-state index in [4.69, 9.17) is 18.7 Å². The monoisotopic (exact) mass is 366 g/mol. The Labute approximate surface area is 155 Å². The molecule has 4 rings (SSSR count). The molecule has 0 atom stereocenters. The highest BCUT2D eigenvalue weighted by Gasteiger charge is 2.15. The second-order valence-corrected chi connectivity index (χ2v) is 6.19. The minimum atomic E-state index is -0.387. The van der Waals surface area contributed by atoms with E-state index in [1.165, 1.54) is 0 Å². The van der Waals surface area contributed by atoms with Gasteiger partial charge >= 0.3 is 5.97 Å². The molecule has 0 radical (unpaired) electrons. The second kappa shape index (κ2) is 7.49. The lowest BCUT2D eigenvalue weighted by Gasteiger charge is -2.18. The van der Waals surface area contributed by atoms with Crippen LogP contribution in [0.25, 0.3) is 11.4 Å². The Balaban J connectivity index is 1.34. The quantitative estimate of drug-likeness (QED) is 0.642. The highest BCUT2D eigenvalue weighted by Crippen LogP contribution is 2.30. The molecule has 0 aliphatic carbocycles. The predicted molar refractivity (Wildman–Crippen MR) is 95.4 cm³/mol. The summed E-state index contributed by atoms with van der Waals surface area (Å²) in [7, 11) is 0. The highest BCUT2D eigenvalue weighted by molar-refractivity contribution is 5.73. The molecule has 0 spiro atoms. The molecule has 1 aliphatic heterocycles. The Morgan fingerprint density at radius 1 is 1.07 bits per heavy atom. The minimum absolute atomic E-state index is 0.0672. The van der Waals surface area contributed by atoms with Gasteiger partial charge in [-0.15, -0.1) is 0 Å². The largest absolute Gasteiger partial charge is 0.486 e. The molecule has 0 N–H and O–H groups in total. The van der Waals surface area contributed by atoms with Crippen LogP contribution in [0.2, 0.25) is 0 Å². The van der Waals surface area contributed by atoms with E-state index >= 15 is 0 Å². The van der Waals surface area contributed by atoms with Crippen LogP contribution in [0.3, 0.4) is 0 Å². The zero-order valence-corrected chi connectivity index (χ0v) is 14.8. The number of aromatic nitrogens is 2. The van der Waals surface area contributed by atoms with Gasteiger partial charge in [0.25, 0.3) is 5.89 Å². The average molecular weight is 366 g/mol. The summed E-state index contributed by atoms with van der Waals surface area (Å²) in [6.45, 7) is 2.97. The van der Waals surface area contributed by atoms with Gasteiger partial charge in [-0.25, -0.2) is 0 Å². The summed E-state index contributed by atoms with van der Waals surface area (Å²) >= 11 is 0. The van der Waals surface area contributed by atoms with Gasteiger partial charge in [-0.05, 0) is 24.6 Å². The lowest BCUT2D eigenvalue weighted by Crippen LogP contribution is -2.16. The molecule has 2 heterocycles. The molecule has 7 nitrogen and oxygen atoms in total. The van der Waals surface area contributed by atoms with Crippen LogP contribution in [-0.2, 0) is 22.6 Å². The molecule has 0 fully saturated rings. The first kappa shape index (κ1) is 17.1. The van der Waals surface area contributed by atoms with Crippen molar-refractivity contribution in [2.24, 2.45) is 0 Å². The summed E-state index contributed by atoms with van der Waals surface area (Å²) in [6.07, 6.45) is 0.121. The molecule has 1 aromatic heterocycles.